The third kappa shape index (κ3) is 3.91. The van der Waals surface area contributed by atoms with E-state index in [1.807, 2.05) is 0 Å². The summed E-state index contributed by atoms with van der Waals surface area (Å²) in [4.78, 5) is 12.1. The van der Waals surface area contributed by atoms with Gasteiger partial charge in [-0.3, -0.25) is 4.90 Å². The van der Waals surface area contributed by atoms with E-state index in [4.69, 9.17) is 4.98 Å². The molecule has 1 fully saturated rings. The van der Waals surface area contributed by atoms with E-state index in [0.717, 1.165) is 45.0 Å². The Hall–Kier alpha value is -1.78. The highest BCUT2D eigenvalue weighted by molar-refractivity contribution is 5.22. The van der Waals surface area contributed by atoms with E-state index in [2.05, 4.69) is 58.7 Å². The summed E-state index contributed by atoms with van der Waals surface area (Å²) >= 11 is 0. The maximum Gasteiger partial charge on any atom is 0.132 e. The highest BCUT2D eigenvalue weighted by Crippen LogP contribution is 2.24. The fraction of sp³-hybridized carbons (Fsp3) is 0.524. The molecule has 1 saturated heterocycles. The molecule has 25 heavy (non-hydrogen) atoms. The van der Waals surface area contributed by atoms with Gasteiger partial charge >= 0.3 is 0 Å². The van der Waals surface area contributed by atoms with Crippen LogP contribution in [0.3, 0.4) is 0 Å². The Morgan fingerprint density at radius 3 is 2.96 bits per heavy atom. The van der Waals surface area contributed by atoms with Crippen LogP contribution in [-0.2, 0) is 13.0 Å². The molecule has 1 aromatic heterocycles. The predicted molar refractivity (Wildman–Crippen MR) is 101 cm³/mol. The average molecular weight is 336 g/mol. The van der Waals surface area contributed by atoms with E-state index in [1.165, 1.54) is 29.7 Å². The lowest BCUT2D eigenvalue weighted by Crippen LogP contribution is -2.33. The van der Waals surface area contributed by atoms with Gasteiger partial charge < -0.3 is 5.32 Å². The van der Waals surface area contributed by atoms with Crippen molar-refractivity contribution < 1.29 is 0 Å². The summed E-state index contributed by atoms with van der Waals surface area (Å²) in [5.41, 5.74) is 4.05. The predicted octanol–water partition coefficient (Wildman–Crippen LogP) is 3.11. The van der Waals surface area contributed by atoms with E-state index in [-0.39, 0.29) is 0 Å². The van der Waals surface area contributed by atoms with Gasteiger partial charge in [-0.2, -0.15) is 0 Å². The van der Waals surface area contributed by atoms with Gasteiger partial charge in [0.05, 0.1) is 0 Å². The Kier molecular flexibility index (Phi) is 5.09. The van der Waals surface area contributed by atoms with E-state index < -0.39 is 0 Å². The number of rotatable bonds is 5. The van der Waals surface area contributed by atoms with Gasteiger partial charge in [-0.15, -0.1) is 0 Å². The topological polar surface area (TPSA) is 41.1 Å². The Morgan fingerprint density at radius 2 is 2.16 bits per heavy atom. The summed E-state index contributed by atoms with van der Waals surface area (Å²) in [5.74, 6) is 2.17. The molecule has 0 saturated carbocycles. The minimum absolute atomic E-state index is 0.509. The zero-order valence-electron chi connectivity index (χ0n) is 15.1. The number of hydrogen-bond acceptors (Lipinski definition) is 4. The van der Waals surface area contributed by atoms with Crippen LogP contribution in [0.5, 0.6) is 0 Å². The van der Waals surface area contributed by atoms with Crippen LogP contribution in [0.15, 0.2) is 36.5 Å². The molecule has 4 rings (SSSR count). The summed E-state index contributed by atoms with van der Waals surface area (Å²) in [6, 6.07) is 10.8. The van der Waals surface area contributed by atoms with Gasteiger partial charge in [0.1, 0.15) is 5.82 Å². The molecule has 2 aromatic rings. The van der Waals surface area contributed by atoms with Gasteiger partial charge in [0.15, 0.2) is 0 Å². The molecule has 2 unspecified atom stereocenters. The largest absolute Gasteiger partial charge is 0.316 e. The van der Waals surface area contributed by atoms with Crippen molar-refractivity contribution in [2.45, 2.75) is 44.6 Å². The molecular weight excluding hydrogens is 308 g/mol. The molecule has 1 aromatic carbocycles. The fourth-order valence-electron chi connectivity index (χ4n) is 3.98. The maximum absolute atomic E-state index is 4.89. The summed E-state index contributed by atoms with van der Waals surface area (Å²) < 4.78 is 0. The molecule has 2 aliphatic rings. The molecule has 2 aliphatic heterocycles. The van der Waals surface area contributed by atoms with E-state index in [1.54, 1.807) is 0 Å². The molecule has 132 valence electrons. The van der Waals surface area contributed by atoms with Crippen LogP contribution in [-0.4, -0.2) is 41.0 Å². The molecule has 3 heterocycles. The van der Waals surface area contributed by atoms with Crippen molar-refractivity contribution >= 4 is 0 Å². The number of aromatic nitrogens is 2. The molecule has 0 spiro atoms. The van der Waals surface area contributed by atoms with Crippen molar-refractivity contribution in [1.82, 2.24) is 20.2 Å². The molecule has 0 aliphatic carbocycles. The Bertz CT molecular complexity index is 694. The maximum atomic E-state index is 4.89. The summed E-state index contributed by atoms with van der Waals surface area (Å²) in [7, 11) is 0. The number of fused-ring (bicyclic) bond motifs is 1. The van der Waals surface area contributed by atoms with Gasteiger partial charge in [-0.25, -0.2) is 9.97 Å². The molecule has 0 radical (unpaired) electrons. The highest BCUT2D eigenvalue weighted by atomic mass is 15.1. The molecule has 1 N–H and O–H groups in total. The van der Waals surface area contributed by atoms with Crippen molar-refractivity contribution in [3.8, 4) is 0 Å². The summed E-state index contributed by atoms with van der Waals surface area (Å²) in [5, 5.41) is 3.41. The Morgan fingerprint density at radius 1 is 1.28 bits per heavy atom. The quantitative estimate of drug-likeness (QED) is 0.911. The van der Waals surface area contributed by atoms with Gasteiger partial charge in [0.2, 0.25) is 0 Å². The van der Waals surface area contributed by atoms with E-state index in [0.29, 0.717) is 11.8 Å². The van der Waals surface area contributed by atoms with Crippen LogP contribution in [0.4, 0.5) is 0 Å². The first-order chi connectivity index (χ1) is 12.3. The van der Waals surface area contributed by atoms with Crippen LogP contribution in [0.25, 0.3) is 0 Å². The minimum Gasteiger partial charge on any atom is -0.316 e. The first kappa shape index (κ1) is 16.7. The normalized spacial score (nSPS) is 21.9. The van der Waals surface area contributed by atoms with Crippen molar-refractivity contribution in [3.63, 3.8) is 0 Å². The summed E-state index contributed by atoms with van der Waals surface area (Å²) in [6.45, 7) is 7.72. The monoisotopic (exact) mass is 336 g/mol. The molecule has 2 atom stereocenters. The Labute approximate surface area is 150 Å². The van der Waals surface area contributed by atoms with Crippen LogP contribution in [0.1, 0.15) is 54.2 Å². The van der Waals surface area contributed by atoms with Crippen LogP contribution < -0.4 is 5.32 Å². The smallest absolute Gasteiger partial charge is 0.132 e. The third-order valence-electron chi connectivity index (χ3n) is 5.70. The number of nitrogens with one attached hydrogen (secondary N) is 1. The van der Waals surface area contributed by atoms with Crippen molar-refractivity contribution in [3.05, 3.63) is 59.2 Å². The van der Waals surface area contributed by atoms with Gasteiger partial charge in [-0.05, 0) is 37.4 Å². The second-order valence-electron chi connectivity index (χ2n) is 7.52. The highest BCUT2D eigenvalue weighted by Gasteiger charge is 2.23. The van der Waals surface area contributed by atoms with E-state index >= 15 is 0 Å². The number of hydrogen-bond donors (Lipinski definition) is 1. The van der Waals surface area contributed by atoms with Gasteiger partial charge in [-0.1, -0.05) is 37.3 Å². The number of nitrogens with zero attached hydrogens (tertiary/aromatic N) is 3. The van der Waals surface area contributed by atoms with Gasteiger partial charge in [0.25, 0.3) is 0 Å². The Balaban J connectivity index is 1.35. The average Bonchev–Trinajstić information content (AvgIpc) is 3.21. The van der Waals surface area contributed by atoms with Crippen molar-refractivity contribution in [2.24, 2.45) is 0 Å². The number of benzene rings is 1. The molecule has 0 bridgehead atoms. The van der Waals surface area contributed by atoms with Gasteiger partial charge in [0, 0.05) is 49.4 Å². The minimum atomic E-state index is 0.509. The lowest BCUT2D eigenvalue weighted by atomic mass is 9.97. The summed E-state index contributed by atoms with van der Waals surface area (Å²) in [6.07, 6.45) is 5.52. The van der Waals surface area contributed by atoms with Crippen LogP contribution in [0.2, 0.25) is 0 Å². The van der Waals surface area contributed by atoms with Crippen LogP contribution in [0, 0.1) is 0 Å². The molecule has 0 amide bonds. The van der Waals surface area contributed by atoms with E-state index in [9.17, 15) is 0 Å². The lowest BCUT2D eigenvalue weighted by molar-refractivity contribution is 0.242. The van der Waals surface area contributed by atoms with Crippen molar-refractivity contribution in [1.29, 1.82) is 0 Å². The zero-order chi connectivity index (χ0) is 17.1. The van der Waals surface area contributed by atoms with Crippen LogP contribution >= 0.6 is 0 Å². The zero-order valence-corrected chi connectivity index (χ0v) is 15.1. The second kappa shape index (κ2) is 7.63. The molecule has 4 nitrogen and oxygen atoms in total. The van der Waals surface area contributed by atoms with Crippen molar-refractivity contribution in [2.75, 3.05) is 26.2 Å². The first-order valence-electron chi connectivity index (χ1n) is 9.62. The molecule has 4 heteroatoms. The SMILES string of the molecule is CC(CCN1CCc2nc(C3CCNC3)ncc2C1)c1ccccc1. The second-order valence-corrected chi connectivity index (χ2v) is 7.52. The first-order valence-corrected chi connectivity index (χ1v) is 9.62. The molecular formula is C21H28N4. The third-order valence-corrected chi connectivity index (χ3v) is 5.70. The lowest BCUT2D eigenvalue weighted by Gasteiger charge is -2.29. The fourth-order valence-corrected chi connectivity index (χ4v) is 3.98. The standard InChI is InChI=1S/C21H28N4/c1-16(17-5-3-2-4-6-17)8-11-25-12-9-20-19(15-25)14-23-21(24-20)18-7-10-22-13-18/h2-6,14,16,18,22H,7-13,15H2,1H3.